The Kier molecular flexibility index (Phi) is 5.80. The minimum atomic E-state index is -0.958. The summed E-state index contributed by atoms with van der Waals surface area (Å²) in [6, 6.07) is 13.4. The van der Waals surface area contributed by atoms with Crippen molar-refractivity contribution in [2.75, 3.05) is 11.4 Å². The van der Waals surface area contributed by atoms with Crippen molar-refractivity contribution in [3.05, 3.63) is 70.3 Å². The van der Waals surface area contributed by atoms with Gasteiger partial charge >= 0.3 is 0 Å². The Morgan fingerprint density at radius 3 is 2.16 bits per heavy atom. The molecule has 4 N–H and O–H groups in total. The van der Waals surface area contributed by atoms with Crippen LogP contribution < -0.4 is 16.4 Å². The number of carbonyl (C=O) groups excluding carboxylic acids is 2. The third-order valence-electron chi connectivity index (χ3n) is 3.69. The lowest BCUT2D eigenvalue weighted by Gasteiger charge is -2.29. The molecule has 0 bridgehead atoms. The van der Waals surface area contributed by atoms with Gasteiger partial charge in [0.2, 0.25) is 11.8 Å². The molecule has 0 heterocycles. The highest BCUT2D eigenvalue weighted by molar-refractivity contribution is 6.01. The van der Waals surface area contributed by atoms with E-state index >= 15 is 0 Å². The molecule has 0 aliphatic carbocycles. The van der Waals surface area contributed by atoms with Crippen molar-refractivity contribution in [2.24, 2.45) is 11.5 Å². The minimum absolute atomic E-state index is 0.123. The van der Waals surface area contributed by atoms with Crippen LogP contribution in [0.15, 0.2) is 54.6 Å². The van der Waals surface area contributed by atoms with Crippen LogP contribution in [0.2, 0.25) is 0 Å². The number of anilines is 1. The van der Waals surface area contributed by atoms with Gasteiger partial charge < -0.3 is 11.5 Å². The number of hydrogen-bond acceptors (Lipinski definition) is 5. The number of nitrogens with zero attached hydrogens (tertiary/aromatic N) is 2. The van der Waals surface area contributed by atoms with Crippen LogP contribution in [0.5, 0.6) is 0 Å². The molecule has 8 nitrogen and oxygen atoms in total. The summed E-state index contributed by atoms with van der Waals surface area (Å²) < 4.78 is 0. The Morgan fingerprint density at radius 2 is 1.68 bits per heavy atom. The molecule has 0 aliphatic rings. The molecule has 0 fully saturated rings. The number of benzene rings is 2. The van der Waals surface area contributed by atoms with E-state index in [4.69, 9.17) is 11.5 Å². The fourth-order valence-corrected chi connectivity index (χ4v) is 2.49. The van der Waals surface area contributed by atoms with Gasteiger partial charge in [0.25, 0.3) is 5.69 Å². The largest absolute Gasteiger partial charge is 0.368 e. The van der Waals surface area contributed by atoms with Gasteiger partial charge in [-0.3, -0.25) is 24.6 Å². The lowest BCUT2D eigenvalue weighted by Crippen LogP contribution is -2.51. The van der Waals surface area contributed by atoms with Gasteiger partial charge in [-0.2, -0.15) is 0 Å². The smallest absolute Gasteiger partial charge is 0.269 e. The molecule has 8 heteroatoms. The first-order valence-electron chi connectivity index (χ1n) is 7.54. The summed E-state index contributed by atoms with van der Waals surface area (Å²) in [4.78, 5) is 35.8. The minimum Gasteiger partial charge on any atom is -0.368 e. The Bertz CT molecular complexity index is 762. The van der Waals surface area contributed by atoms with Crippen molar-refractivity contribution < 1.29 is 14.5 Å². The number of non-ortho nitro benzene ring substituents is 1. The van der Waals surface area contributed by atoms with E-state index in [1.54, 1.807) is 0 Å². The van der Waals surface area contributed by atoms with Gasteiger partial charge in [-0.05, 0) is 17.7 Å². The highest BCUT2D eigenvalue weighted by Gasteiger charge is 2.29. The zero-order valence-electron chi connectivity index (χ0n) is 13.4. The van der Waals surface area contributed by atoms with E-state index in [-0.39, 0.29) is 18.7 Å². The number of nitrogens with two attached hydrogens (primary N) is 2. The van der Waals surface area contributed by atoms with Gasteiger partial charge in [0, 0.05) is 24.2 Å². The lowest BCUT2D eigenvalue weighted by atomic mass is 10.0. The summed E-state index contributed by atoms with van der Waals surface area (Å²) in [5.74, 6) is -1.20. The second-order valence-electron chi connectivity index (χ2n) is 5.35. The van der Waals surface area contributed by atoms with Gasteiger partial charge in [-0.15, -0.1) is 0 Å². The maximum absolute atomic E-state index is 12.3. The molecule has 0 saturated heterocycles. The molecule has 1 atom stereocenters. The average molecular weight is 342 g/mol. The quantitative estimate of drug-likeness (QED) is 0.572. The molecule has 2 amide bonds. The predicted octanol–water partition coefficient (Wildman–Crippen LogP) is 0.983. The van der Waals surface area contributed by atoms with Crippen LogP contribution in [0.4, 0.5) is 11.4 Å². The van der Waals surface area contributed by atoms with Gasteiger partial charge in [0.1, 0.15) is 6.04 Å². The Labute approximate surface area is 144 Å². The predicted molar refractivity (Wildman–Crippen MR) is 92.8 cm³/mol. The molecule has 0 radical (unpaired) electrons. The molecule has 0 aliphatic heterocycles. The summed E-state index contributed by atoms with van der Waals surface area (Å²) in [5, 5.41) is 10.8. The summed E-state index contributed by atoms with van der Waals surface area (Å²) in [6.45, 7) is -0.324. The van der Waals surface area contributed by atoms with Gasteiger partial charge in [0.05, 0.1) is 11.5 Å². The zero-order chi connectivity index (χ0) is 18.4. The van der Waals surface area contributed by atoms with Crippen molar-refractivity contribution >= 4 is 23.2 Å². The maximum Gasteiger partial charge on any atom is 0.269 e. The molecule has 2 aromatic rings. The number of hydrogen-bond donors (Lipinski definition) is 2. The van der Waals surface area contributed by atoms with Gasteiger partial charge in [-0.1, -0.05) is 30.3 Å². The fourth-order valence-electron chi connectivity index (χ4n) is 2.49. The normalized spacial score (nSPS) is 11.6. The highest BCUT2D eigenvalue weighted by Crippen LogP contribution is 2.23. The maximum atomic E-state index is 12.3. The second kappa shape index (κ2) is 8.02. The van der Waals surface area contributed by atoms with Crippen LogP contribution in [0.3, 0.4) is 0 Å². The molecule has 2 rings (SSSR count). The van der Waals surface area contributed by atoms with Crippen LogP contribution in [0.25, 0.3) is 0 Å². The first kappa shape index (κ1) is 18.1. The number of nitro benzene ring substituents is 1. The van der Waals surface area contributed by atoms with E-state index in [0.717, 1.165) is 5.56 Å². The van der Waals surface area contributed by atoms with Crippen molar-refractivity contribution in [3.63, 3.8) is 0 Å². The van der Waals surface area contributed by atoms with Crippen LogP contribution in [-0.2, 0) is 16.0 Å². The number of amides is 2. The van der Waals surface area contributed by atoms with Crippen LogP contribution in [-0.4, -0.2) is 29.3 Å². The summed E-state index contributed by atoms with van der Waals surface area (Å²) in [6.07, 6.45) is 0.207. The molecule has 0 aromatic heterocycles. The first-order valence-corrected chi connectivity index (χ1v) is 7.54. The molecule has 2 aromatic carbocycles. The Balaban J connectivity index is 2.40. The summed E-state index contributed by atoms with van der Waals surface area (Å²) in [5.41, 5.74) is 12.0. The molecular weight excluding hydrogens is 324 g/mol. The third-order valence-corrected chi connectivity index (χ3v) is 3.69. The van der Waals surface area contributed by atoms with Crippen molar-refractivity contribution in [2.45, 2.75) is 12.5 Å². The summed E-state index contributed by atoms with van der Waals surface area (Å²) in [7, 11) is 0. The van der Waals surface area contributed by atoms with Gasteiger partial charge in [-0.25, -0.2) is 0 Å². The van der Waals surface area contributed by atoms with E-state index in [0.29, 0.717) is 5.69 Å². The van der Waals surface area contributed by atoms with Crippen molar-refractivity contribution in [1.82, 2.24) is 0 Å². The van der Waals surface area contributed by atoms with E-state index in [1.807, 2.05) is 30.3 Å². The topological polar surface area (TPSA) is 133 Å². The fraction of sp³-hybridized carbons (Fsp3) is 0.176. The Morgan fingerprint density at radius 1 is 1.08 bits per heavy atom. The molecule has 0 saturated carbocycles. The third kappa shape index (κ3) is 4.39. The van der Waals surface area contributed by atoms with E-state index in [9.17, 15) is 19.7 Å². The number of rotatable bonds is 7. The molecule has 25 heavy (non-hydrogen) atoms. The average Bonchev–Trinajstić information content (AvgIpc) is 2.62. The van der Waals surface area contributed by atoms with Crippen molar-refractivity contribution in [1.29, 1.82) is 0 Å². The van der Waals surface area contributed by atoms with Crippen LogP contribution in [0, 0.1) is 10.1 Å². The SMILES string of the molecule is NCC(=O)N(c1ccc([N+](=O)[O-])cc1)C(Cc1ccccc1)C(N)=O. The van der Waals surface area contributed by atoms with E-state index < -0.39 is 22.8 Å². The lowest BCUT2D eigenvalue weighted by molar-refractivity contribution is -0.384. The molecule has 1 unspecified atom stereocenters. The highest BCUT2D eigenvalue weighted by atomic mass is 16.6. The first-order chi connectivity index (χ1) is 11.9. The van der Waals surface area contributed by atoms with Crippen LogP contribution in [0.1, 0.15) is 5.56 Å². The molecule has 130 valence electrons. The second-order valence-corrected chi connectivity index (χ2v) is 5.35. The number of primary amides is 1. The zero-order valence-corrected chi connectivity index (χ0v) is 13.4. The van der Waals surface area contributed by atoms with Crippen LogP contribution >= 0.6 is 0 Å². The van der Waals surface area contributed by atoms with E-state index in [1.165, 1.54) is 29.2 Å². The van der Waals surface area contributed by atoms with E-state index in [2.05, 4.69) is 0 Å². The molecular formula is C17H18N4O4. The standard InChI is InChI=1S/C17H18N4O4/c18-11-16(22)20(13-6-8-14(9-7-13)21(24)25)15(17(19)23)10-12-4-2-1-3-5-12/h1-9,15H,10-11,18H2,(H2,19,23). The molecule has 0 spiro atoms. The number of nitro groups is 1. The number of carbonyl (C=O) groups is 2. The summed E-state index contributed by atoms with van der Waals surface area (Å²) >= 11 is 0. The monoisotopic (exact) mass is 342 g/mol. The van der Waals surface area contributed by atoms with Gasteiger partial charge in [0.15, 0.2) is 0 Å². The Hall–Kier alpha value is -3.26. The van der Waals surface area contributed by atoms with Crippen molar-refractivity contribution in [3.8, 4) is 0 Å².